The van der Waals surface area contributed by atoms with Crippen molar-refractivity contribution in [3.63, 3.8) is 0 Å². The Balaban J connectivity index is 2.26. The molecule has 1 rings (SSSR count). The number of rotatable bonds is 6. The first-order valence-corrected chi connectivity index (χ1v) is 7.67. The van der Waals surface area contributed by atoms with Gasteiger partial charge in [-0.2, -0.15) is 11.8 Å². The van der Waals surface area contributed by atoms with Gasteiger partial charge in [-0.05, 0) is 32.2 Å². The van der Waals surface area contributed by atoms with Crippen LogP contribution in [-0.4, -0.2) is 45.3 Å². The molecule has 0 spiro atoms. The maximum atomic E-state index is 11.5. The van der Waals surface area contributed by atoms with Crippen molar-refractivity contribution in [1.82, 2.24) is 10.0 Å². The van der Waals surface area contributed by atoms with Crippen LogP contribution in [0.25, 0.3) is 0 Å². The second kappa shape index (κ2) is 5.95. The third-order valence-corrected chi connectivity index (χ3v) is 4.80. The summed E-state index contributed by atoms with van der Waals surface area (Å²) in [6, 6.07) is 0.166. The fraction of sp³-hybridized carbons (Fsp3) is 1.00. The molecule has 14 heavy (non-hydrogen) atoms. The van der Waals surface area contributed by atoms with Gasteiger partial charge in [-0.3, -0.25) is 0 Å². The van der Waals surface area contributed by atoms with Gasteiger partial charge in [0.1, 0.15) is 0 Å². The van der Waals surface area contributed by atoms with Gasteiger partial charge >= 0.3 is 0 Å². The molecule has 1 heterocycles. The Bertz CT molecular complexity index is 248. The largest absolute Gasteiger partial charge is 0.320 e. The summed E-state index contributed by atoms with van der Waals surface area (Å²) < 4.78 is 25.8. The van der Waals surface area contributed by atoms with Gasteiger partial charge in [0.2, 0.25) is 10.0 Å². The van der Waals surface area contributed by atoms with E-state index in [4.69, 9.17) is 0 Å². The molecule has 0 aliphatic carbocycles. The van der Waals surface area contributed by atoms with Gasteiger partial charge in [-0.15, -0.1) is 0 Å². The Morgan fingerprint density at radius 2 is 2.29 bits per heavy atom. The summed E-state index contributed by atoms with van der Waals surface area (Å²) in [5, 5.41) is 2.94. The highest BCUT2D eigenvalue weighted by Crippen LogP contribution is 2.17. The average Bonchev–Trinajstić information content (AvgIpc) is 2.56. The number of hydrogen-bond donors (Lipinski definition) is 2. The zero-order chi connectivity index (χ0) is 10.4. The lowest BCUT2D eigenvalue weighted by Crippen LogP contribution is -2.36. The lowest BCUT2D eigenvalue weighted by atomic mass is 10.3. The Kier molecular flexibility index (Phi) is 5.22. The number of nitrogens with one attached hydrogen (secondary N) is 2. The molecule has 4 nitrogen and oxygen atoms in total. The van der Waals surface area contributed by atoms with Crippen LogP contribution in [-0.2, 0) is 10.0 Å². The summed E-state index contributed by atoms with van der Waals surface area (Å²) in [6.45, 7) is 0.750. The van der Waals surface area contributed by atoms with Crippen molar-refractivity contribution in [2.45, 2.75) is 18.9 Å². The normalized spacial score (nSPS) is 22.8. The van der Waals surface area contributed by atoms with E-state index in [2.05, 4.69) is 10.0 Å². The Morgan fingerprint density at radius 3 is 2.86 bits per heavy atom. The first-order valence-electron chi connectivity index (χ1n) is 4.86. The highest BCUT2D eigenvalue weighted by atomic mass is 32.2. The van der Waals surface area contributed by atoms with E-state index < -0.39 is 10.0 Å². The van der Waals surface area contributed by atoms with Gasteiger partial charge in [-0.1, -0.05) is 0 Å². The van der Waals surface area contributed by atoms with Gasteiger partial charge in [0.25, 0.3) is 0 Å². The summed E-state index contributed by atoms with van der Waals surface area (Å²) in [5.41, 5.74) is 0. The van der Waals surface area contributed by atoms with E-state index in [1.165, 1.54) is 0 Å². The van der Waals surface area contributed by atoms with E-state index in [1.54, 1.807) is 0 Å². The highest BCUT2D eigenvalue weighted by Gasteiger charge is 2.20. The molecule has 0 saturated carbocycles. The number of thioether (sulfide) groups is 1. The molecular formula is C8H18N2O2S2. The first-order chi connectivity index (χ1) is 6.64. The summed E-state index contributed by atoms with van der Waals surface area (Å²) in [5.74, 6) is 2.23. The van der Waals surface area contributed by atoms with E-state index >= 15 is 0 Å². The molecule has 1 aliphatic rings. The molecule has 0 aromatic heterocycles. The smallest absolute Gasteiger partial charge is 0.211 e. The summed E-state index contributed by atoms with van der Waals surface area (Å²) in [6.07, 6.45) is 1.64. The maximum Gasteiger partial charge on any atom is 0.211 e. The van der Waals surface area contributed by atoms with Gasteiger partial charge < -0.3 is 5.32 Å². The minimum Gasteiger partial charge on any atom is -0.320 e. The standard InChI is InChI=1S/C8H18N2O2S2/c1-9-4-2-6-14(11,12)10-8-3-5-13-7-8/h8-10H,2-7H2,1H3. The monoisotopic (exact) mass is 238 g/mol. The van der Waals surface area contributed by atoms with Crippen LogP contribution in [0.1, 0.15) is 12.8 Å². The van der Waals surface area contributed by atoms with E-state index in [0.29, 0.717) is 6.42 Å². The maximum absolute atomic E-state index is 11.5. The molecule has 1 fully saturated rings. The predicted octanol–water partition coefficient (Wildman–Crippen LogP) is 0.0208. The Labute approximate surface area is 90.3 Å². The van der Waals surface area contributed by atoms with Crippen LogP contribution >= 0.6 is 11.8 Å². The van der Waals surface area contributed by atoms with Crippen molar-refractivity contribution in [3.05, 3.63) is 0 Å². The van der Waals surface area contributed by atoms with E-state index in [1.807, 2.05) is 18.8 Å². The van der Waals surface area contributed by atoms with Crippen LogP contribution in [0.2, 0.25) is 0 Å². The minimum absolute atomic E-state index is 0.166. The predicted molar refractivity (Wildman–Crippen MR) is 61.2 cm³/mol. The molecule has 0 aromatic carbocycles. The van der Waals surface area contributed by atoms with Crippen molar-refractivity contribution in [1.29, 1.82) is 0 Å². The Morgan fingerprint density at radius 1 is 1.50 bits per heavy atom. The van der Waals surface area contributed by atoms with Crippen LogP contribution in [0.3, 0.4) is 0 Å². The van der Waals surface area contributed by atoms with E-state index in [-0.39, 0.29) is 11.8 Å². The molecule has 1 saturated heterocycles. The number of hydrogen-bond acceptors (Lipinski definition) is 4. The summed E-state index contributed by atoms with van der Waals surface area (Å²) in [7, 11) is -1.21. The summed E-state index contributed by atoms with van der Waals surface area (Å²) in [4.78, 5) is 0. The second-order valence-electron chi connectivity index (χ2n) is 3.45. The third kappa shape index (κ3) is 4.63. The van der Waals surface area contributed by atoms with E-state index in [0.717, 1.165) is 24.5 Å². The molecule has 6 heteroatoms. The molecule has 0 bridgehead atoms. The first kappa shape index (κ1) is 12.3. The molecule has 84 valence electrons. The van der Waals surface area contributed by atoms with Crippen molar-refractivity contribution in [2.75, 3.05) is 30.9 Å². The van der Waals surface area contributed by atoms with Gasteiger partial charge in [-0.25, -0.2) is 13.1 Å². The summed E-state index contributed by atoms with van der Waals surface area (Å²) >= 11 is 1.81. The fourth-order valence-electron chi connectivity index (χ4n) is 1.38. The van der Waals surface area contributed by atoms with Crippen LogP contribution in [0, 0.1) is 0 Å². The lowest BCUT2D eigenvalue weighted by Gasteiger charge is -2.11. The molecule has 2 N–H and O–H groups in total. The van der Waals surface area contributed by atoms with Gasteiger partial charge in [0, 0.05) is 11.8 Å². The zero-order valence-electron chi connectivity index (χ0n) is 8.45. The lowest BCUT2D eigenvalue weighted by molar-refractivity contribution is 0.559. The van der Waals surface area contributed by atoms with Crippen molar-refractivity contribution >= 4 is 21.8 Å². The van der Waals surface area contributed by atoms with Gasteiger partial charge in [0.05, 0.1) is 5.75 Å². The molecular weight excluding hydrogens is 220 g/mol. The molecule has 1 aliphatic heterocycles. The van der Waals surface area contributed by atoms with Gasteiger partial charge in [0.15, 0.2) is 0 Å². The number of sulfonamides is 1. The van der Waals surface area contributed by atoms with Crippen LogP contribution in [0.5, 0.6) is 0 Å². The fourth-order valence-corrected chi connectivity index (χ4v) is 3.99. The van der Waals surface area contributed by atoms with Crippen LogP contribution in [0.15, 0.2) is 0 Å². The van der Waals surface area contributed by atoms with Crippen molar-refractivity contribution < 1.29 is 8.42 Å². The van der Waals surface area contributed by atoms with Crippen molar-refractivity contribution in [2.24, 2.45) is 0 Å². The zero-order valence-corrected chi connectivity index (χ0v) is 10.1. The van der Waals surface area contributed by atoms with Crippen molar-refractivity contribution in [3.8, 4) is 0 Å². The molecule has 1 atom stereocenters. The second-order valence-corrected chi connectivity index (χ2v) is 6.48. The minimum atomic E-state index is -3.04. The quantitative estimate of drug-likeness (QED) is 0.641. The Hall–Kier alpha value is 0.220. The molecule has 0 amide bonds. The van der Waals surface area contributed by atoms with Crippen LogP contribution < -0.4 is 10.0 Å². The average molecular weight is 238 g/mol. The third-order valence-electron chi connectivity index (χ3n) is 2.12. The topological polar surface area (TPSA) is 58.2 Å². The van der Waals surface area contributed by atoms with E-state index in [9.17, 15) is 8.42 Å². The highest BCUT2D eigenvalue weighted by molar-refractivity contribution is 7.99. The molecule has 0 aromatic rings. The SMILES string of the molecule is CNCCCS(=O)(=O)NC1CCSC1. The van der Waals surface area contributed by atoms with Crippen LogP contribution in [0.4, 0.5) is 0 Å². The molecule has 1 unspecified atom stereocenters. The molecule has 0 radical (unpaired) electrons.